The molecule has 0 saturated heterocycles. The maximum Gasteiger partial charge on any atom is 0.259 e. The van der Waals surface area contributed by atoms with Crippen molar-refractivity contribution in [2.45, 2.75) is 33.1 Å². The van der Waals surface area contributed by atoms with Crippen LogP contribution in [-0.2, 0) is 19.8 Å². The third kappa shape index (κ3) is 3.22. The first-order chi connectivity index (χ1) is 13.1. The molecule has 1 heterocycles. The molecule has 1 aliphatic carbocycles. The molecule has 0 saturated carbocycles. The Balaban J connectivity index is 2.16. The number of ketones is 2. The Morgan fingerprint density at radius 2 is 1.89 bits per heavy atom. The lowest BCUT2D eigenvalue weighted by atomic mass is 9.70. The second-order valence-corrected chi connectivity index (χ2v) is 7.46. The van der Waals surface area contributed by atoms with E-state index in [1.165, 1.54) is 6.92 Å². The Morgan fingerprint density at radius 3 is 2.54 bits per heavy atom. The topological polar surface area (TPSA) is 96.4 Å². The van der Waals surface area contributed by atoms with Crippen LogP contribution < -0.4 is 5.32 Å². The van der Waals surface area contributed by atoms with Crippen molar-refractivity contribution in [3.63, 3.8) is 0 Å². The first kappa shape index (κ1) is 19.5. The molecule has 6 nitrogen and oxygen atoms in total. The summed E-state index contributed by atoms with van der Waals surface area (Å²) in [7, 11) is 0. The Kier molecular flexibility index (Phi) is 4.89. The molecule has 0 unspecified atom stereocenters. The fourth-order valence-corrected chi connectivity index (χ4v) is 3.42. The average molecular weight is 378 g/mol. The molecule has 1 aliphatic rings. The quantitative estimate of drug-likeness (QED) is 0.798. The highest BCUT2D eigenvalue weighted by molar-refractivity contribution is 6.28. The number of pyridine rings is 1. The van der Waals surface area contributed by atoms with Gasteiger partial charge >= 0.3 is 0 Å². The zero-order valence-electron chi connectivity index (χ0n) is 16.3. The number of carbonyl (C=O) groups excluding carboxylic acids is 3. The van der Waals surface area contributed by atoms with Gasteiger partial charge in [-0.15, -0.1) is 0 Å². The number of amides is 1. The van der Waals surface area contributed by atoms with E-state index in [4.69, 9.17) is 0 Å². The van der Waals surface area contributed by atoms with Gasteiger partial charge in [0.15, 0.2) is 5.78 Å². The third-order valence-corrected chi connectivity index (χ3v) is 5.02. The number of nitrogens with one attached hydrogen (secondary N) is 1. The number of benzene rings is 1. The largest absolute Gasteiger partial charge is 0.506 e. The molecule has 0 aliphatic heterocycles. The SMILES string of the molecule is CC(=O)CNC(=O)C1=C(O)c2cc(-c3cccnc3C)ccc2C(C)(C)C1=O. The summed E-state index contributed by atoms with van der Waals surface area (Å²) in [5, 5.41) is 13.2. The molecule has 1 amide bonds. The van der Waals surface area contributed by atoms with Gasteiger partial charge in [-0.25, -0.2) is 0 Å². The number of nitrogens with zero attached hydrogens (tertiary/aromatic N) is 1. The van der Waals surface area contributed by atoms with E-state index in [9.17, 15) is 19.5 Å². The molecule has 0 atom stereocenters. The molecule has 0 spiro atoms. The van der Waals surface area contributed by atoms with Gasteiger partial charge in [-0.1, -0.05) is 18.2 Å². The number of aromatic nitrogens is 1. The molecule has 2 N–H and O–H groups in total. The van der Waals surface area contributed by atoms with E-state index in [0.717, 1.165) is 16.8 Å². The fourth-order valence-electron chi connectivity index (χ4n) is 3.42. The van der Waals surface area contributed by atoms with Crippen molar-refractivity contribution in [1.29, 1.82) is 0 Å². The second-order valence-electron chi connectivity index (χ2n) is 7.46. The van der Waals surface area contributed by atoms with Gasteiger partial charge in [-0.2, -0.15) is 0 Å². The molecular weight excluding hydrogens is 356 g/mol. The zero-order chi connectivity index (χ0) is 20.6. The fraction of sp³-hybridized carbons (Fsp3) is 0.273. The maximum absolute atomic E-state index is 12.9. The van der Waals surface area contributed by atoms with Crippen molar-refractivity contribution in [2.75, 3.05) is 6.54 Å². The van der Waals surface area contributed by atoms with E-state index >= 15 is 0 Å². The molecule has 6 heteroatoms. The van der Waals surface area contributed by atoms with Crippen LogP contribution in [0.25, 0.3) is 16.9 Å². The Morgan fingerprint density at radius 1 is 1.18 bits per heavy atom. The highest BCUT2D eigenvalue weighted by Crippen LogP contribution is 2.41. The number of hydrogen-bond donors (Lipinski definition) is 2. The van der Waals surface area contributed by atoms with Crippen molar-refractivity contribution < 1.29 is 19.5 Å². The van der Waals surface area contributed by atoms with Crippen LogP contribution in [0, 0.1) is 6.92 Å². The third-order valence-electron chi connectivity index (χ3n) is 5.02. The zero-order valence-corrected chi connectivity index (χ0v) is 16.3. The molecule has 144 valence electrons. The molecule has 28 heavy (non-hydrogen) atoms. The second kappa shape index (κ2) is 7.03. The van der Waals surface area contributed by atoms with E-state index in [2.05, 4.69) is 10.3 Å². The summed E-state index contributed by atoms with van der Waals surface area (Å²) in [4.78, 5) is 40.9. The standard InChI is InChI=1S/C22H22N2O4/c1-12(25)11-24-21(28)18-19(26)16-10-14(15-6-5-9-23-13(15)2)7-8-17(16)22(3,4)20(18)27/h5-10,26H,11H2,1-4H3,(H,24,28). The highest BCUT2D eigenvalue weighted by atomic mass is 16.3. The molecule has 0 bridgehead atoms. The molecule has 3 rings (SSSR count). The number of aliphatic hydroxyl groups is 1. The lowest BCUT2D eigenvalue weighted by Gasteiger charge is -2.32. The van der Waals surface area contributed by atoms with Gasteiger partial charge in [0, 0.05) is 23.0 Å². The van der Waals surface area contributed by atoms with Gasteiger partial charge in [0.2, 0.25) is 0 Å². The van der Waals surface area contributed by atoms with Gasteiger partial charge in [0.05, 0.1) is 12.0 Å². The van der Waals surface area contributed by atoms with E-state index in [0.29, 0.717) is 11.1 Å². The van der Waals surface area contributed by atoms with Crippen molar-refractivity contribution in [3.8, 4) is 11.1 Å². The van der Waals surface area contributed by atoms with Gasteiger partial charge in [-0.05, 0) is 51.0 Å². The Bertz CT molecular complexity index is 1030. The van der Waals surface area contributed by atoms with Gasteiger partial charge in [0.25, 0.3) is 5.91 Å². The van der Waals surface area contributed by atoms with E-state index in [1.807, 2.05) is 25.1 Å². The first-order valence-electron chi connectivity index (χ1n) is 8.97. The smallest absolute Gasteiger partial charge is 0.259 e. The summed E-state index contributed by atoms with van der Waals surface area (Å²) < 4.78 is 0. The van der Waals surface area contributed by atoms with Crippen LogP contribution >= 0.6 is 0 Å². The minimum Gasteiger partial charge on any atom is -0.506 e. The number of hydrogen-bond acceptors (Lipinski definition) is 5. The number of fused-ring (bicyclic) bond motifs is 1. The van der Waals surface area contributed by atoms with Crippen molar-refractivity contribution >= 4 is 23.2 Å². The number of rotatable bonds is 4. The van der Waals surface area contributed by atoms with E-state index < -0.39 is 17.1 Å². The van der Waals surface area contributed by atoms with Crippen LogP contribution in [0.2, 0.25) is 0 Å². The minimum atomic E-state index is -0.993. The molecule has 1 aromatic heterocycles. The lowest BCUT2D eigenvalue weighted by molar-refractivity contribution is -0.126. The van der Waals surface area contributed by atoms with Gasteiger partial charge in [-0.3, -0.25) is 19.4 Å². The van der Waals surface area contributed by atoms with Crippen LogP contribution in [0.15, 0.2) is 42.1 Å². The summed E-state index contributed by atoms with van der Waals surface area (Å²) in [6, 6.07) is 9.19. The number of Topliss-reactive ketones (excluding diaryl/α,β-unsaturated/α-hetero) is 2. The number of carbonyl (C=O) groups is 3. The van der Waals surface area contributed by atoms with E-state index in [-0.39, 0.29) is 23.7 Å². The molecular formula is C22H22N2O4. The molecule has 1 aromatic carbocycles. The van der Waals surface area contributed by atoms with Crippen LogP contribution in [0.4, 0.5) is 0 Å². The van der Waals surface area contributed by atoms with Gasteiger partial charge < -0.3 is 10.4 Å². The number of aliphatic hydroxyl groups excluding tert-OH is 1. The monoisotopic (exact) mass is 378 g/mol. The summed E-state index contributed by atoms with van der Waals surface area (Å²) in [6.45, 7) is 6.45. The van der Waals surface area contributed by atoms with Crippen LogP contribution in [0.5, 0.6) is 0 Å². The Labute approximate surface area is 163 Å². The molecule has 0 fully saturated rings. The first-order valence-corrected chi connectivity index (χ1v) is 8.97. The lowest BCUT2D eigenvalue weighted by Crippen LogP contribution is -2.42. The highest BCUT2D eigenvalue weighted by Gasteiger charge is 2.43. The van der Waals surface area contributed by atoms with Gasteiger partial charge in [0.1, 0.15) is 17.1 Å². The van der Waals surface area contributed by atoms with Crippen LogP contribution in [0.3, 0.4) is 0 Å². The summed E-state index contributed by atoms with van der Waals surface area (Å²) in [5.74, 6) is -1.85. The average Bonchev–Trinajstić information content (AvgIpc) is 2.65. The minimum absolute atomic E-state index is 0.203. The summed E-state index contributed by atoms with van der Waals surface area (Å²) >= 11 is 0. The normalized spacial score (nSPS) is 15.2. The summed E-state index contributed by atoms with van der Waals surface area (Å²) in [5.41, 5.74) is 2.31. The molecule has 2 aromatic rings. The Hall–Kier alpha value is -3.28. The maximum atomic E-state index is 12.9. The summed E-state index contributed by atoms with van der Waals surface area (Å²) in [6.07, 6.45) is 1.70. The van der Waals surface area contributed by atoms with Crippen LogP contribution in [-0.4, -0.2) is 34.1 Å². The predicted molar refractivity (Wildman–Crippen MR) is 106 cm³/mol. The predicted octanol–water partition coefficient (Wildman–Crippen LogP) is 2.89. The molecule has 0 radical (unpaired) electrons. The van der Waals surface area contributed by atoms with Crippen molar-refractivity contribution in [3.05, 3.63) is 58.9 Å². The van der Waals surface area contributed by atoms with E-state index in [1.54, 1.807) is 32.2 Å². The van der Waals surface area contributed by atoms with Crippen LogP contribution in [0.1, 0.15) is 37.6 Å². The number of aryl methyl sites for hydroxylation is 1. The van der Waals surface area contributed by atoms with Crippen molar-refractivity contribution in [2.24, 2.45) is 0 Å². The van der Waals surface area contributed by atoms with Crippen molar-refractivity contribution in [1.82, 2.24) is 10.3 Å².